The summed E-state index contributed by atoms with van der Waals surface area (Å²) in [6, 6.07) is 0. The molecule has 1 N–H and O–H groups in total. The number of hydrogen-bond acceptors (Lipinski definition) is 5. The van der Waals surface area contributed by atoms with Gasteiger partial charge < -0.3 is 5.32 Å². The summed E-state index contributed by atoms with van der Waals surface area (Å²) in [5, 5.41) is 6.22. The van der Waals surface area contributed by atoms with Gasteiger partial charge in [0.05, 0.1) is 16.5 Å². The van der Waals surface area contributed by atoms with Crippen LogP contribution in [0.1, 0.15) is 30.5 Å². The van der Waals surface area contributed by atoms with Crippen LogP contribution in [0.2, 0.25) is 0 Å². The van der Waals surface area contributed by atoms with Crippen LogP contribution in [0.5, 0.6) is 0 Å². The van der Waals surface area contributed by atoms with Gasteiger partial charge in [-0.1, -0.05) is 13.8 Å². The minimum atomic E-state index is -2.87. The van der Waals surface area contributed by atoms with Gasteiger partial charge in [-0.2, -0.15) is 0 Å². The molecule has 0 unspecified atom stereocenters. The Morgan fingerprint density at radius 1 is 1.50 bits per heavy atom. The Bertz CT molecular complexity index is 424. The van der Waals surface area contributed by atoms with E-state index in [0.717, 1.165) is 10.7 Å². The monoisotopic (exact) mass is 262 g/mol. The highest BCUT2D eigenvalue weighted by atomic mass is 32.2. The summed E-state index contributed by atoms with van der Waals surface area (Å²) in [7, 11) is -2.87. The molecule has 1 aromatic heterocycles. The van der Waals surface area contributed by atoms with Gasteiger partial charge in [-0.05, 0) is 0 Å². The number of nitrogens with zero attached hydrogens (tertiary/aromatic N) is 1. The van der Waals surface area contributed by atoms with Gasteiger partial charge in [-0.15, -0.1) is 11.3 Å². The molecule has 16 heavy (non-hydrogen) atoms. The molecule has 1 aromatic rings. The molecule has 0 aliphatic heterocycles. The average Bonchev–Trinajstić information content (AvgIpc) is 2.59. The van der Waals surface area contributed by atoms with Crippen molar-refractivity contribution in [3.05, 3.63) is 16.1 Å². The molecule has 0 saturated carbocycles. The summed E-state index contributed by atoms with van der Waals surface area (Å²) in [6.07, 6.45) is 1.24. The summed E-state index contributed by atoms with van der Waals surface area (Å²) in [5.41, 5.74) is 0.988. The van der Waals surface area contributed by atoms with E-state index in [4.69, 9.17) is 0 Å². The van der Waals surface area contributed by atoms with E-state index in [1.54, 1.807) is 11.3 Å². The zero-order chi connectivity index (χ0) is 12.2. The van der Waals surface area contributed by atoms with E-state index < -0.39 is 9.84 Å². The minimum absolute atomic E-state index is 0.175. The molecule has 1 rings (SSSR count). The molecule has 0 spiro atoms. The van der Waals surface area contributed by atoms with Crippen molar-refractivity contribution in [1.82, 2.24) is 10.3 Å². The molecule has 6 heteroatoms. The topological polar surface area (TPSA) is 59.1 Å². The smallest absolute Gasteiger partial charge is 0.148 e. The Balaban J connectivity index is 2.32. The van der Waals surface area contributed by atoms with Crippen molar-refractivity contribution in [1.29, 1.82) is 0 Å². The molecule has 1 heterocycles. The lowest BCUT2D eigenvalue weighted by Crippen LogP contribution is -2.22. The molecule has 0 bridgehead atoms. The third-order valence-corrected chi connectivity index (χ3v) is 4.16. The maximum atomic E-state index is 10.9. The summed E-state index contributed by atoms with van der Waals surface area (Å²) < 4.78 is 21.8. The Labute approximate surface area is 101 Å². The summed E-state index contributed by atoms with van der Waals surface area (Å²) in [5.74, 6) is 0.628. The molecule has 0 aliphatic rings. The highest BCUT2D eigenvalue weighted by molar-refractivity contribution is 7.90. The molecule has 0 saturated heterocycles. The number of aromatic nitrogens is 1. The second kappa shape index (κ2) is 5.75. The summed E-state index contributed by atoms with van der Waals surface area (Å²) >= 11 is 1.65. The molecule has 92 valence electrons. The summed E-state index contributed by atoms with van der Waals surface area (Å²) in [4.78, 5) is 4.45. The van der Waals surface area contributed by atoms with Crippen LogP contribution in [0.3, 0.4) is 0 Å². The molecule has 0 atom stereocenters. The normalized spacial score (nSPS) is 12.2. The van der Waals surface area contributed by atoms with Gasteiger partial charge in [0.2, 0.25) is 0 Å². The van der Waals surface area contributed by atoms with Crippen molar-refractivity contribution in [2.24, 2.45) is 0 Å². The zero-order valence-corrected chi connectivity index (χ0v) is 11.5. The SMILES string of the molecule is CC(C)c1nc(CNCCS(C)(=O)=O)cs1. The van der Waals surface area contributed by atoms with Crippen LogP contribution >= 0.6 is 11.3 Å². The van der Waals surface area contributed by atoms with Gasteiger partial charge in [0.15, 0.2) is 0 Å². The number of hydrogen-bond donors (Lipinski definition) is 1. The molecule has 0 aromatic carbocycles. The van der Waals surface area contributed by atoms with Crippen molar-refractivity contribution in [2.75, 3.05) is 18.6 Å². The lowest BCUT2D eigenvalue weighted by molar-refractivity contribution is 0.596. The van der Waals surface area contributed by atoms with E-state index >= 15 is 0 Å². The summed E-state index contributed by atoms with van der Waals surface area (Å²) in [6.45, 7) is 5.34. The number of nitrogens with one attached hydrogen (secondary N) is 1. The van der Waals surface area contributed by atoms with Gasteiger partial charge in [-0.25, -0.2) is 13.4 Å². The highest BCUT2D eigenvalue weighted by Gasteiger charge is 2.06. The second-order valence-corrected chi connectivity index (χ2v) is 7.29. The van der Waals surface area contributed by atoms with E-state index in [0.29, 0.717) is 19.0 Å². The van der Waals surface area contributed by atoms with Gasteiger partial charge in [0.1, 0.15) is 9.84 Å². The van der Waals surface area contributed by atoms with Crippen molar-refractivity contribution in [3.8, 4) is 0 Å². The predicted octanol–water partition coefficient (Wildman–Crippen LogP) is 1.40. The van der Waals surface area contributed by atoms with Crippen molar-refractivity contribution >= 4 is 21.2 Å². The van der Waals surface area contributed by atoms with Gasteiger partial charge in [0.25, 0.3) is 0 Å². The van der Waals surface area contributed by atoms with Crippen LogP contribution < -0.4 is 5.32 Å². The van der Waals surface area contributed by atoms with Gasteiger partial charge >= 0.3 is 0 Å². The van der Waals surface area contributed by atoms with Gasteiger partial charge in [-0.3, -0.25) is 0 Å². The van der Waals surface area contributed by atoms with Crippen LogP contribution in [0.15, 0.2) is 5.38 Å². The van der Waals surface area contributed by atoms with Crippen molar-refractivity contribution < 1.29 is 8.42 Å². The Hall–Kier alpha value is -0.460. The Kier molecular flexibility index (Phi) is 4.89. The molecular weight excluding hydrogens is 244 g/mol. The highest BCUT2D eigenvalue weighted by Crippen LogP contribution is 2.18. The number of rotatable bonds is 6. The van der Waals surface area contributed by atoms with Crippen molar-refractivity contribution in [2.45, 2.75) is 26.3 Å². The Morgan fingerprint density at radius 3 is 2.69 bits per heavy atom. The number of thiazole rings is 1. The van der Waals surface area contributed by atoms with Crippen LogP contribution in [0.25, 0.3) is 0 Å². The first-order valence-electron chi connectivity index (χ1n) is 5.21. The fourth-order valence-corrected chi connectivity index (χ4v) is 2.49. The van der Waals surface area contributed by atoms with Crippen LogP contribution in [-0.2, 0) is 16.4 Å². The fourth-order valence-electron chi connectivity index (χ4n) is 1.14. The lowest BCUT2D eigenvalue weighted by Gasteiger charge is -2.01. The fraction of sp³-hybridized carbons (Fsp3) is 0.700. The van der Waals surface area contributed by atoms with Crippen LogP contribution in [-0.4, -0.2) is 32.0 Å². The molecule has 0 amide bonds. The predicted molar refractivity (Wildman–Crippen MR) is 67.6 cm³/mol. The first kappa shape index (κ1) is 13.6. The van der Waals surface area contributed by atoms with E-state index in [1.165, 1.54) is 6.26 Å². The third-order valence-electron chi connectivity index (χ3n) is 2.02. The van der Waals surface area contributed by atoms with Gasteiger partial charge in [0, 0.05) is 30.6 Å². The minimum Gasteiger partial charge on any atom is -0.310 e. The maximum Gasteiger partial charge on any atom is 0.148 e. The maximum absolute atomic E-state index is 10.9. The molecular formula is C10H18N2O2S2. The molecule has 0 aliphatic carbocycles. The third kappa shape index (κ3) is 5.05. The van der Waals surface area contributed by atoms with E-state index in [1.807, 2.05) is 5.38 Å². The van der Waals surface area contributed by atoms with E-state index in [-0.39, 0.29) is 5.75 Å². The van der Waals surface area contributed by atoms with E-state index in [9.17, 15) is 8.42 Å². The van der Waals surface area contributed by atoms with Crippen LogP contribution in [0.4, 0.5) is 0 Å². The first-order valence-corrected chi connectivity index (χ1v) is 8.15. The second-order valence-electron chi connectivity index (χ2n) is 4.14. The van der Waals surface area contributed by atoms with E-state index in [2.05, 4.69) is 24.1 Å². The number of sulfone groups is 1. The Morgan fingerprint density at radius 2 is 2.19 bits per heavy atom. The quantitative estimate of drug-likeness (QED) is 0.787. The molecule has 0 radical (unpaired) electrons. The van der Waals surface area contributed by atoms with Crippen LogP contribution in [0, 0.1) is 0 Å². The van der Waals surface area contributed by atoms with Crippen molar-refractivity contribution in [3.63, 3.8) is 0 Å². The average molecular weight is 262 g/mol. The molecule has 4 nitrogen and oxygen atoms in total. The first-order chi connectivity index (χ1) is 7.38. The lowest BCUT2D eigenvalue weighted by atomic mass is 10.2. The largest absolute Gasteiger partial charge is 0.310 e. The molecule has 0 fully saturated rings. The zero-order valence-electron chi connectivity index (χ0n) is 9.86. The standard InChI is InChI=1S/C10H18N2O2S2/c1-8(2)10-12-9(7-15-10)6-11-4-5-16(3,13)14/h7-8,11H,4-6H2,1-3H3.